The number of hydrogen-bond acceptors (Lipinski definition) is 3. The predicted molar refractivity (Wildman–Crippen MR) is 82.6 cm³/mol. The molecule has 5 nitrogen and oxygen atoms in total. The molecule has 1 aromatic rings. The first-order chi connectivity index (χ1) is 9.93. The summed E-state index contributed by atoms with van der Waals surface area (Å²) in [6, 6.07) is 1.97. The maximum Gasteiger partial charge on any atom is 0.236 e. The lowest BCUT2D eigenvalue weighted by Crippen LogP contribution is -2.37. The van der Waals surface area contributed by atoms with Crippen molar-refractivity contribution in [2.75, 3.05) is 33.2 Å². The van der Waals surface area contributed by atoms with Gasteiger partial charge >= 0.3 is 0 Å². The van der Waals surface area contributed by atoms with Gasteiger partial charge in [-0.3, -0.25) is 14.5 Å². The Morgan fingerprint density at radius 1 is 1.29 bits per heavy atom. The smallest absolute Gasteiger partial charge is 0.236 e. The summed E-state index contributed by atoms with van der Waals surface area (Å²) in [5.74, 6) is 0.208. The van der Waals surface area contributed by atoms with Crippen molar-refractivity contribution in [1.29, 1.82) is 0 Å². The number of nitrogens with zero attached hydrogens (tertiary/aromatic N) is 3. The van der Waals surface area contributed by atoms with Crippen LogP contribution in [0.15, 0.2) is 6.07 Å². The van der Waals surface area contributed by atoms with Gasteiger partial charge < -0.3 is 9.47 Å². The normalized spacial score (nSPS) is 17.1. The average Bonchev–Trinajstić information content (AvgIpc) is 2.62. The first kappa shape index (κ1) is 15.8. The SMILES string of the molecule is CCn1c(C)cc(C(=O)CN2CCCN(C)C(=O)C2)c1C. The highest BCUT2D eigenvalue weighted by molar-refractivity contribution is 5.99. The molecule has 1 aliphatic rings. The Balaban J connectivity index is 2.09. The molecule has 0 aliphatic carbocycles. The van der Waals surface area contributed by atoms with Gasteiger partial charge in [0, 0.05) is 43.6 Å². The number of carbonyl (C=O) groups is 2. The summed E-state index contributed by atoms with van der Waals surface area (Å²) in [6.07, 6.45) is 0.920. The van der Waals surface area contributed by atoms with E-state index in [4.69, 9.17) is 0 Å². The van der Waals surface area contributed by atoms with Gasteiger partial charge in [-0.2, -0.15) is 0 Å². The van der Waals surface area contributed by atoms with Gasteiger partial charge in [0.1, 0.15) is 0 Å². The van der Waals surface area contributed by atoms with Gasteiger partial charge in [0.2, 0.25) is 5.91 Å². The zero-order chi connectivity index (χ0) is 15.6. The van der Waals surface area contributed by atoms with E-state index in [0.717, 1.165) is 43.0 Å². The lowest BCUT2D eigenvalue weighted by atomic mass is 10.1. The molecule has 116 valence electrons. The second-order valence-electron chi connectivity index (χ2n) is 5.83. The molecule has 0 aromatic carbocycles. The molecule has 0 spiro atoms. The lowest BCUT2D eigenvalue weighted by molar-refractivity contribution is -0.129. The minimum atomic E-state index is 0.0966. The van der Waals surface area contributed by atoms with E-state index in [1.807, 2.05) is 31.9 Å². The number of carbonyl (C=O) groups excluding carboxylic acids is 2. The molecule has 0 bridgehead atoms. The fraction of sp³-hybridized carbons (Fsp3) is 0.625. The summed E-state index contributed by atoms with van der Waals surface area (Å²) < 4.78 is 2.15. The molecule has 1 saturated heterocycles. The predicted octanol–water partition coefficient (Wildman–Crippen LogP) is 1.47. The highest BCUT2D eigenvalue weighted by atomic mass is 16.2. The second-order valence-corrected chi connectivity index (χ2v) is 5.83. The molecule has 1 amide bonds. The van der Waals surface area contributed by atoms with Crippen molar-refractivity contribution in [2.45, 2.75) is 33.7 Å². The van der Waals surface area contributed by atoms with Gasteiger partial charge in [-0.1, -0.05) is 0 Å². The highest BCUT2D eigenvalue weighted by Gasteiger charge is 2.23. The van der Waals surface area contributed by atoms with Crippen molar-refractivity contribution in [3.63, 3.8) is 0 Å². The number of Topliss-reactive ketones (excluding diaryl/α,β-unsaturated/α-hetero) is 1. The molecule has 1 fully saturated rings. The Kier molecular flexibility index (Phi) is 4.83. The van der Waals surface area contributed by atoms with Crippen molar-refractivity contribution in [3.8, 4) is 0 Å². The summed E-state index contributed by atoms with van der Waals surface area (Å²) in [4.78, 5) is 28.1. The molecule has 21 heavy (non-hydrogen) atoms. The number of aryl methyl sites for hydroxylation is 1. The van der Waals surface area contributed by atoms with Gasteiger partial charge in [0.15, 0.2) is 5.78 Å². The van der Waals surface area contributed by atoms with E-state index in [1.165, 1.54) is 0 Å². The van der Waals surface area contributed by atoms with Crippen LogP contribution in [0.4, 0.5) is 0 Å². The van der Waals surface area contributed by atoms with Gasteiger partial charge in [0.05, 0.1) is 13.1 Å². The van der Waals surface area contributed by atoms with E-state index in [0.29, 0.717) is 13.1 Å². The highest BCUT2D eigenvalue weighted by Crippen LogP contribution is 2.16. The molecule has 2 rings (SSSR count). The maximum absolute atomic E-state index is 12.5. The number of amides is 1. The first-order valence-corrected chi connectivity index (χ1v) is 7.60. The van der Waals surface area contributed by atoms with Crippen LogP contribution in [0.5, 0.6) is 0 Å². The van der Waals surface area contributed by atoms with E-state index in [9.17, 15) is 9.59 Å². The minimum Gasteiger partial charge on any atom is -0.349 e. The Morgan fingerprint density at radius 3 is 2.62 bits per heavy atom. The van der Waals surface area contributed by atoms with Crippen LogP contribution < -0.4 is 0 Å². The van der Waals surface area contributed by atoms with E-state index >= 15 is 0 Å². The van der Waals surface area contributed by atoms with Crippen LogP contribution in [-0.2, 0) is 11.3 Å². The molecule has 0 N–H and O–H groups in total. The number of hydrogen-bond donors (Lipinski definition) is 0. The summed E-state index contributed by atoms with van der Waals surface area (Å²) in [7, 11) is 1.82. The Morgan fingerprint density at radius 2 is 2.00 bits per heavy atom. The Labute approximate surface area is 126 Å². The third-order valence-electron chi connectivity index (χ3n) is 4.31. The van der Waals surface area contributed by atoms with Crippen molar-refractivity contribution >= 4 is 11.7 Å². The van der Waals surface area contributed by atoms with E-state index < -0.39 is 0 Å². The lowest BCUT2D eigenvalue weighted by Gasteiger charge is -2.18. The monoisotopic (exact) mass is 291 g/mol. The van der Waals surface area contributed by atoms with Crippen LogP contribution in [0, 0.1) is 13.8 Å². The standard InChI is InChI=1S/C16H25N3O2/c1-5-19-12(2)9-14(13(19)3)15(20)10-18-8-6-7-17(4)16(21)11-18/h9H,5-8,10-11H2,1-4H3. The summed E-state index contributed by atoms with van der Waals surface area (Å²) in [5.41, 5.74) is 2.93. The summed E-state index contributed by atoms with van der Waals surface area (Å²) in [6.45, 7) is 9.21. The second kappa shape index (κ2) is 6.43. The molecular weight excluding hydrogens is 266 g/mol. The molecule has 0 unspecified atom stereocenters. The fourth-order valence-corrected chi connectivity index (χ4v) is 3.04. The average molecular weight is 291 g/mol. The van der Waals surface area contributed by atoms with Crippen molar-refractivity contribution in [2.24, 2.45) is 0 Å². The van der Waals surface area contributed by atoms with E-state index in [1.54, 1.807) is 4.90 Å². The van der Waals surface area contributed by atoms with E-state index in [-0.39, 0.29) is 11.7 Å². The van der Waals surface area contributed by atoms with Crippen LogP contribution in [0.2, 0.25) is 0 Å². The van der Waals surface area contributed by atoms with Crippen LogP contribution >= 0.6 is 0 Å². The molecule has 2 heterocycles. The minimum absolute atomic E-state index is 0.0966. The summed E-state index contributed by atoms with van der Waals surface area (Å²) in [5, 5.41) is 0. The third kappa shape index (κ3) is 3.35. The van der Waals surface area contributed by atoms with Gasteiger partial charge in [-0.25, -0.2) is 0 Å². The van der Waals surface area contributed by atoms with Crippen LogP contribution in [0.1, 0.15) is 35.1 Å². The van der Waals surface area contributed by atoms with Gasteiger partial charge in [-0.05, 0) is 33.3 Å². The Bertz CT molecular complexity index is 548. The van der Waals surface area contributed by atoms with Crippen molar-refractivity contribution in [3.05, 3.63) is 23.0 Å². The first-order valence-electron chi connectivity index (χ1n) is 7.60. The van der Waals surface area contributed by atoms with Crippen LogP contribution in [0.3, 0.4) is 0 Å². The Hall–Kier alpha value is -1.62. The van der Waals surface area contributed by atoms with Crippen molar-refractivity contribution < 1.29 is 9.59 Å². The number of aromatic nitrogens is 1. The zero-order valence-electron chi connectivity index (χ0n) is 13.5. The third-order valence-corrected chi connectivity index (χ3v) is 4.31. The molecule has 0 radical (unpaired) electrons. The molecule has 0 atom stereocenters. The van der Waals surface area contributed by atoms with Crippen molar-refractivity contribution in [1.82, 2.24) is 14.4 Å². The number of rotatable bonds is 4. The van der Waals surface area contributed by atoms with Gasteiger partial charge in [0.25, 0.3) is 0 Å². The quantitative estimate of drug-likeness (QED) is 0.789. The largest absolute Gasteiger partial charge is 0.349 e. The molecule has 1 aromatic heterocycles. The zero-order valence-corrected chi connectivity index (χ0v) is 13.5. The molecule has 1 aliphatic heterocycles. The maximum atomic E-state index is 12.5. The number of likely N-dealkylation sites (N-methyl/N-ethyl adjacent to an activating group) is 1. The van der Waals surface area contributed by atoms with E-state index in [2.05, 4.69) is 11.5 Å². The molecule has 0 saturated carbocycles. The fourth-order valence-electron chi connectivity index (χ4n) is 3.04. The molecular formula is C16H25N3O2. The topological polar surface area (TPSA) is 45.6 Å². The van der Waals surface area contributed by atoms with Crippen LogP contribution in [-0.4, -0.2) is 59.3 Å². The summed E-state index contributed by atoms with van der Waals surface area (Å²) >= 11 is 0. The number of ketones is 1. The van der Waals surface area contributed by atoms with Crippen LogP contribution in [0.25, 0.3) is 0 Å². The van der Waals surface area contributed by atoms with Gasteiger partial charge in [-0.15, -0.1) is 0 Å². The molecule has 5 heteroatoms.